The van der Waals surface area contributed by atoms with Crippen LogP contribution in [0.15, 0.2) is 42.5 Å². The Bertz CT molecular complexity index is 862. The Morgan fingerprint density at radius 1 is 1.09 bits per heavy atom. The maximum Gasteiger partial charge on any atom is 0.269 e. The van der Waals surface area contributed by atoms with Crippen LogP contribution in [0.5, 0.6) is 0 Å². The van der Waals surface area contributed by atoms with Crippen LogP contribution in [0, 0.1) is 6.92 Å². The van der Waals surface area contributed by atoms with Crippen LogP contribution in [0.2, 0.25) is 10.0 Å². The molecule has 1 amide bonds. The maximum atomic E-state index is 12.5. The third-order valence-corrected chi connectivity index (χ3v) is 4.66. The van der Waals surface area contributed by atoms with Gasteiger partial charge in [-0.2, -0.15) is 0 Å². The van der Waals surface area contributed by atoms with E-state index in [9.17, 15) is 4.79 Å². The summed E-state index contributed by atoms with van der Waals surface area (Å²) in [7, 11) is 0. The third kappa shape index (κ3) is 3.52. The number of carbonyl (C=O) groups is 1. The quantitative estimate of drug-likeness (QED) is 0.706. The van der Waals surface area contributed by atoms with Crippen molar-refractivity contribution < 1.29 is 4.79 Å². The van der Waals surface area contributed by atoms with Gasteiger partial charge < -0.3 is 5.32 Å². The van der Waals surface area contributed by atoms with Crippen molar-refractivity contribution in [3.05, 3.63) is 63.0 Å². The number of aryl methyl sites for hydroxylation is 1. The van der Waals surface area contributed by atoms with Crippen molar-refractivity contribution in [3.8, 4) is 11.3 Å². The van der Waals surface area contributed by atoms with E-state index in [4.69, 9.17) is 23.2 Å². The van der Waals surface area contributed by atoms with Crippen molar-refractivity contribution in [3.63, 3.8) is 0 Å². The predicted molar refractivity (Wildman–Crippen MR) is 94.5 cm³/mol. The number of nitrogens with zero attached hydrogens (tertiary/aromatic N) is 2. The van der Waals surface area contributed by atoms with Gasteiger partial charge in [0.05, 0.1) is 10.0 Å². The maximum absolute atomic E-state index is 12.5. The number of benzene rings is 2. The van der Waals surface area contributed by atoms with Gasteiger partial charge in [0, 0.05) is 11.3 Å². The molecule has 0 aliphatic heterocycles. The normalized spacial score (nSPS) is 10.6. The number of hydrogen-bond donors (Lipinski definition) is 1. The minimum Gasteiger partial charge on any atom is -0.321 e. The van der Waals surface area contributed by atoms with E-state index in [1.807, 2.05) is 31.2 Å². The summed E-state index contributed by atoms with van der Waals surface area (Å²) in [6.45, 7) is 2.00. The summed E-state index contributed by atoms with van der Waals surface area (Å²) in [6.07, 6.45) is 0. The van der Waals surface area contributed by atoms with E-state index in [1.54, 1.807) is 18.2 Å². The molecule has 0 radical (unpaired) electrons. The van der Waals surface area contributed by atoms with E-state index < -0.39 is 0 Å². The predicted octanol–water partition coefficient (Wildman–Crippen LogP) is 5.07. The Morgan fingerprint density at radius 2 is 1.83 bits per heavy atom. The van der Waals surface area contributed by atoms with Crippen LogP contribution < -0.4 is 5.32 Å². The molecular weight excluding hydrogens is 353 g/mol. The number of amides is 1. The van der Waals surface area contributed by atoms with E-state index in [1.165, 1.54) is 0 Å². The molecule has 0 bridgehead atoms. The first-order chi connectivity index (χ1) is 11.0. The van der Waals surface area contributed by atoms with Crippen LogP contribution >= 0.6 is 34.7 Å². The minimum atomic E-state index is -0.283. The van der Waals surface area contributed by atoms with Crippen LogP contribution in [0.3, 0.4) is 0 Å². The summed E-state index contributed by atoms with van der Waals surface area (Å²) >= 11 is 12.9. The average Bonchev–Trinajstić information content (AvgIpc) is 3.01. The van der Waals surface area contributed by atoms with Crippen molar-refractivity contribution in [2.24, 2.45) is 0 Å². The summed E-state index contributed by atoms with van der Waals surface area (Å²) < 4.78 is 3.90. The molecule has 1 heterocycles. The molecule has 0 unspecified atom stereocenters. The standard InChI is InChI=1S/C16H11Cl2N3OS/c1-9-2-4-10(5-3-9)14-15(23-21-20-14)16(22)19-11-6-7-12(17)13(18)8-11/h2-8H,1H3,(H,19,22). The molecule has 0 fully saturated rings. The van der Waals surface area contributed by atoms with E-state index >= 15 is 0 Å². The van der Waals surface area contributed by atoms with Crippen LogP contribution in [0.25, 0.3) is 11.3 Å². The van der Waals surface area contributed by atoms with Crippen LogP contribution in [0.4, 0.5) is 5.69 Å². The first kappa shape index (κ1) is 15.9. The zero-order valence-electron chi connectivity index (χ0n) is 12.0. The summed E-state index contributed by atoms with van der Waals surface area (Å²) in [6, 6.07) is 12.7. The van der Waals surface area contributed by atoms with Gasteiger partial charge in [-0.05, 0) is 36.7 Å². The van der Waals surface area contributed by atoms with Gasteiger partial charge in [0.25, 0.3) is 5.91 Å². The second-order valence-electron chi connectivity index (χ2n) is 4.90. The van der Waals surface area contributed by atoms with Crippen molar-refractivity contribution >= 4 is 46.3 Å². The van der Waals surface area contributed by atoms with Gasteiger partial charge in [-0.25, -0.2) is 0 Å². The molecule has 1 aromatic heterocycles. The fourth-order valence-electron chi connectivity index (χ4n) is 2.00. The second-order valence-corrected chi connectivity index (χ2v) is 6.47. The van der Waals surface area contributed by atoms with E-state index in [0.29, 0.717) is 26.3 Å². The lowest BCUT2D eigenvalue weighted by Gasteiger charge is -2.06. The summed E-state index contributed by atoms with van der Waals surface area (Å²) in [5.41, 5.74) is 3.11. The molecule has 0 saturated heterocycles. The Morgan fingerprint density at radius 3 is 2.52 bits per heavy atom. The zero-order chi connectivity index (χ0) is 16.4. The fraction of sp³-hybridized carbons (Fsp3) is 0.0625. The zero-order valence-corrected chi connectivity index (χ0v) is 14.3. The highest BCUT2D eigenvalue weighted by Crippen LogP contribution is 2.27. The molecule has 23 heavy (non-hydrogen) atoms. The van der Waals surface area contributed by atoms with Gasteiger partial charge in [-0.3, -0.25) is 4.79 Å². The molecule has 0 saturated carbocycles. The first-order valence-electron chi connectivity index (χ1n) is 6.70. The Labute approximate surface area is 147 Å². The Hall–Kier alpha value is -1.95. The van der Waals surface area contributed by atoms with Gasteiger partial charge in [0.1, 0.15) is 10.6 Å². The highest BCUT2D eigenvalue weighted by atomic mass is 35.5. The molecular formula is C16H11Cl2N3OS. The molecule has 0 aliphatic carbocycles. The number of carbonyl (C=O) groups excluding carboxylic acids is 1. The molecule has 1 N–H and O–H groups in total. The van der Waals surface area contributed by atoms with Gasteiger partial charge >= 0.3 is 0 Å². The average molecular weight is 364 g/mol. The van der Waals surface area contributed by atoms with Crippen molar-refractivity contribution in [1.29, 1.82) is 0 Å². The number of anilines is 1. The van der Waals surface area contributed by atoms with Crippen LogP contribution in [-0.2, 0) is 0 Å². The smallest absolute Gasteiger partial charge is 0.269 e. The molecule has 3 aromatic rings. The SMILES string of the molecule is Cc1ccc(-c2nnsc2C(=O)Nc2ccc(Cl)c(Cl)c2)cc1. The first-order valence-corrected chi connectivity index (χ1v) is 8.23. The second kappa shape index (κ2) is 6.66. The number of nitrogens with one attached hydrogen (secondary N) is 1. The molecule has 7 heteroatoms. The Kier molecular flexibility index (Phi) is 4.61. The van der Waals surface area contributed by atoms with Crippen LogP contribution in [-0.4, -0.2) is 15.5 Å². The third-order valence-electron chi connectivity index (χ3n) is 3.20. The van der Waals surface area contributed by atoms with Crippen LogP contribution in [0.1, 0.15) is 15.2 Å². The summed E-state index contributed by atoms with van der Waals surface area (Å²) in [5.74, 6) is -0.283. The molecule has 0 aliphatic rings. The molecule has 3 rings (SSSR count). The van der Waals surface area contributed by atoms with Gasteiger partial charge in [0.2, 0.25) is 0 Å². The van der Waals surface area contributed by atoms with Crippen molar-refractivity contribution in [2.75, 3.05) is 5.32 Å². The largest absolute Gasteiger partial charge is 0.321 e. The number of rotatable bonds is 3. The lowest BCUT2D eigenvalue weighted by Crippen LogP contribution is -2.11. The number of aromatic nitrogens is 2. The molecule has 116 valence electrons. The summed E-state index contributed by atoms with van der Waals surface area (Å²) in [5, 5.41) is 7.67. The van der Waals surface area contributed by atoms with E-state index in [2.05, 4.69) is 14.9 Å². The molecule has 4 nitrogen and oxygen atoms in total. The Balaban J connectivity index is 1.87. The van der Waals surface area contributed by atoms with E-state index in [-0.39, 0.29) is 5.91 Å². The molecule has 0 atom stereocenters. The number of hydrogen-bond acceptors (Lipinski definition) is 4. The molecule has 0 spiro atoms. The topological polar surface area (TPSA) is 54.9 Å². The van der Waals surface area contributed by atoms with E-state index in [0.717, 1.165) is 22.7 Å². The van der Waals surface area contributed by atoms with Gasteiger partial charge in [-0.15, -0.1) is 5.10 Å². The highest BCUT2D eigenvalue weighted by Gasteiger charge is 2.18. The van der Waals surface area contributed by atoms with Crippen molar-refractivity contribution in [2.45, 2.75) is 6.92 Å². The summed E-state index contributed by atoms with van der Waals surface area (Å²) in [4.78, 5) is 12.9. The molecule has 2 aromatic carbocycles. The van der Waals surface area contributed by atoms with Gasteiger partial charge in [0.15, 0.2) is 0 Å². The monoisotopic (exact) mass is 363 g/mol. The number of halogens is 2. The lowest BCUT2D eigenvalue weighted by atomic mass is 10.1. The fourth-order valence-corrected chi connectivity index (χ4v) is 2.88. The highest BCUT2D eigenvalue weighted by molar-refractivity contribution is 7.08. The van der Waals surface area contributed by atoms with Gasteiger partial charge in [-0.1, -0.05) is 57.5 Å². The lowest BCUT2D eigenvalue weighted by molar-refractivity contribution is 0.103. The minimum absolute atomic E-state index is 0.283. The van der Waals surface area contributed by atoms with Crippen molar-refractivity contribution in [1.82, 2.24) is 9.59 Å².